The third-order valence-electron chi connectivity index (χ3n) is 5.46. The number of hydrogen-bond donors (Lipinski definition) is 3. The van der Waals surface area contributed by atoms with Gasteiger partial charge in [0.15, 0.2) is 0 Å². The molecule has 0 saturated carbocycles. The summed E-state index contributed by atoms with van der Waals surface area (Å²) < 4.78 is 23.6. The molecule has 0 aliphatic carbocycles. The number of carbonyl (C=O) groups is 3. The van der Waals surface area contributed by atoms with Crippen LogP contribution in [-0.2, 0) is 14.3 Å². The van der Waals surface area contributed by atoms with Gasteiger partial charge in [0.25, 0.3) is 0 Å². The van der Waals surface area contributed by atoms with Crippen molar-refractivity contribution in [3.05, 3.63) is 70.1 Å². The Morgan fingerprint density at radius 3 is 2.42 bits per heavy atom. The Morgan fingerprint density at radius 1 is 1.11 bits per heavy atom. The van der Waals surface area contributed by atoms with E-state index in [9.17, 15) is 18.8 Å². The van der Waals surface area contributed by atoms with Gasteiger partial charge in [0.1, 0.15) is 12.4 Å². The Kier molecular flexibility index (Phi) is 9.26. The number of rotatable bonds is 9. The molecule has 0 bridgehead atoms. The fourth-order valence-corrected chi connectivity index (χ4v) is 3.89. The van der Waals surface area contributed by atoms with Gasteiger partial charge in [0.2, 0.25) is 0 Å². The van der Waals surface area contributed by atoms with Crippen molar-refractivity contribution in [2.45, 2.75) is 26.3 Å². The van der Waals surface area contributed by atoms with Crippen molar-refractivity contribution in [2.75, 3.05) is 37.5 Å². The van der Waals surface area contributed by atoms with E-state index in [1.807, 2.05) is 6.92 Å². The molecule has 1 aliphatic rings. The summed E-state index contributed by atoms with van der Waals surface area (Å²) in [4.78, 5) is 39.5. The predicted molar refractivity (Wildman–Crippen MR) is 134 cm³/mol. The van der Waals surface area contributed by atoms with Gasteiger partial charge >= 0.3 is 18.0 Å². The van der Waals surface area contributed by atoms with Crippen molar-refractivity contribution < 1.29 is 28.2 Å². The molecule has 0 aromatic heterocycles. The molecule has 1 atom stereocenters. The summed E-state index contributed by atoms with van der Waals surface area (Å²) in [6.07, 6.45) is 0.716. The summed E-state index contributed by atoms with van der Waals surface area (Å²) in [7, 11) is 1.51. The number of halogens is 2. The van der Waals surface area contributed by atoms with Crippen molar-refractivity contribution in [1.82, 2.24) is 10.2 Å². The first-order valence-corrected chi connectivity index (χ1v) is 11.7. The highest BCUT2D eigenvalue weighted by Crippen LogP contribution is 2.32. The minimum Gasteiger partial charge on any atom is -0.460 e. The zero-order chi connectivity index (χ0) is 26.2. The van der Waals surface area contributed by atoms with Crippen LogP contribution in [0.3, 0.4) is 0 Å². The molecule has 0 saturated heterocycles. The van der Waals surface area contributed by atoms with Gasteiger partial charge in [-0.2, -0.15) is 0 Å². The molecule has 3 N–H and O–H groups in total. The topological polar surface area (TPSA) is 109 Å². The first-order valence-electron chi connectivity index (χ1n) is 11.3. The first kappa shape index (κ1) is 27.0. The van der Waals surface area contributed by atoms with E-state index in [4.69, 9.17) is 21.1 Å². The van der Waals surface area contributed by atoms with Crippen LogP contribution in [0.5, 0.6) is 0 Å². The Bertz CT molecular complexity index is 1160. The molecule has 0 radical (unpaired) electrons. The van der Waals surface area contributed by atoms with Crippen LogP contribution in [0.1, 0.15) is 31.9 Å². The second-order valence-electron chi connectivity index (χ2n) is 7.99. The minimum atomic E-state index is -0.732. The van der Waals surface area contributed by atoms with Gasteiger partial charge in [-0.05, 0) is 49.2 Å². The Labute approximate surface area is 213 Å². The number of methoxy groups -OCH3 is 1. The highest BCUT2D eigenvalue weighted by Gasteiger charge is 2.36. The van der Waals surface area contributed by atoms with E-state index < -0.39 is 23.9 Å². The molecule has 2 aromatic rings. The van der Waals surface area contributed by atoms with Crippen LogP contribution in [0.4, 0.5) is 25.4 Å². The average Bonchev–Trinajstić information content (AvgIpc) is 2.84. The Morgan fingerprint density at radius 2 is 1.78 bits per heavy atom. The van der Waals surface area contributed by atoms with Gasteiger partial charge in [-0.1, -0.05) is 30.7 Å². The van der Waals surface area contributed by atoms with Gasteiger partial charge in [-0.25, -0.2) is 18.8 Å². The number of nitrogens with one attached hydrogen (secondary N) is 3. The molecule has 0 fully saturated rings. The lowest BCUT2D eigenvalue weighted by Gasteiger charge is -2.35. The Balaban J connectivity index is 1.78. The van der Waals surface area contributed by atoms with Crippen LogP contribution in [0, 0.1) is 5.82 Å². The zero-order valence-corrected chi connectivity index (χ0v) is 20.9. The Hall–Kier alpha value is -3.63. The van der Waals surface area contributed by atoms with Crippen molar-refractivity contribution in [2.24, 2.45) is 0 Å². The molecule has 0 spiro atoms. The fourth-order valence-electron chi connectivity index (χ4n) is 3.71. The number of benzene rings is 2. The molecular weight excluding hydrogens is 491 g/mol. The predicted octanol–water partition coefficient (Wildman–Crippen LogP) is 5.06. The summed E-state index contributed by atoms with van der Waals surface area (Å²) in [5.74, 6) is -1.13. The molecular formula is C25H28ClFN4O5. The maximum Gasteiger partial charge on any atom is 0.338 e. The number of nitrogens with zero attached hydrogens (tertiary/aromatic N) is 1. The summed E-state index contributed by atoms with van der Waals surface area (Å²) in [6.45, 7) is 4.45. The van der Waals surface area contributed by atoms with Gasteiger partial charge in [0.05, 0.1) is 23.2 Å². The van der Waals surface area contributed by atoms with E-state index in [-0.39, 0.29) is 24.3 Å². The second kappa shape index (κ2) is 12.4. The minimum absolute atomic E-state index is 0.0811. The van der Waals surface area contributed by atoms with E-state index in [1.165, 1.54) is 24.1 Å². The van der Waals surface area contributed by atoms with Crippen LogP contribution in [0.15, 0.2) is 53.7 Å². The SMILES string of the molecule is CCCN1C(=O)NC(c2ccc(NC(=O)Nc3ccc(F)c(Cl)c3)cc2)C(C(=O)OCCOC)=C1C. The van der Waals surface area contributed by atoms with E-state index >= 15 is 0 Å². The zero-order valence-electron chi connectivity index (χ0n) is 20.2. The highest BCUT2D eigenvalue weighted by molar-refractivity contribution is 6.31. The second-order valence-corrected chi connectivity index (χ2v) is 8.40. The number of amides is 4. The smallest absolute Gasteiger partial charge is 0.338 e. The molecule has 3 rings (SSSR count). The van der Waals surface area contributed by atoms with Gasteiger partial charge < -0.3 is 25.4 Å². The molecule has 9 nitrogen and oxygen atoms in total. The average molecular weight is 519 g/mol. The van der Waals surface area contributed by atoms with Crippen molar-refractivity contribution >= 4 is 41.0 Å². The highest BCUT2D eigenvalue weighted by atomic mass is 35.5. The molecule has 192 valence electrons. The van der Waals surface area contributed by atoms with E-state index in [1.54, 1.807) is 31.2 Å². The lowest BCUT2D eigenvalue weighted by Crippen LogP contribution is -2.48. The number of allylic oxidation sites excluding steroid dienone is 1. The van der Waals surface area contributed by atoms with Gasteiger partial charge in [-0.15, -0.1) is 0 Å². The van der Waals surface area contributed by atoms with E-state index in [2.05, 4.69) is 16.0 Å². The maximum absolute atomic E-state index is 13.3. The van der Waals surface area contributed by atoms with Crippen molar-refractivity contribution in [3.8, 4) is 0 Å². The normalized spacial score (nSPS) is 15.4. The number of carbonyl (C=O) groups excluding carboxylic acids is 3. The largest absolute Gasteiger partial charge is 0.460 e. The molecule has 1 aliphatic heterocycles. The third kappa shape index (κ3) is 6.52. The summed E-state index contributed by atoms with van der Waals surface area (Å²) >= 11 is 5.74. The standard InChI is InChI=1S/C25H28ClFN4O5/c1-4-11-31-15(2)21(23(32)36-13-12-35-3)22(30-25(31)34)16-5-7-17(8-6-16)28-24(33)29-18-9-10-20(27)19(26)14-18/h5-10,14,22H,4,11-13H2,1-3H3,(H,30,34)(H2,28,29,33). The van der Waals surface area contributed by atoms with Crippen LogP contribution >= 0.6 is 11.6 Å². The molecule has 36 heavy (non-hydrogen) atoms. The summed E-state index contributed by atoms with van der Waals surface area (Å²) in [6, 6.07) is 8.91. The number of anilines is 2. The fraction of sp³-hybridized carbons (Fsp3) is 0.320. The number of hydrogen-bond acceptors (Lipinski definition) is 5. The molecule has 1 heterocycles. The van der Waals surface area contributed by atoms with Crippen molar-refractivity contribution in [1.29, 1.82) is 0 Å². The number of esters is 1. The number of urea groups is 2. The van der Waals surface area contributed by atoms with Crippen molar-refractivity contribution in [3.63, 3.8) is 0 Å². The lowest BCUT2D eigenvalue weighted by atomic mass is 9.94. The van der Waals surface area contributed by atoms with Crippen LogP contribution in [-0.4, -0.2) is 49.8 Å². The van der Waals surface area contributed by atoms with Crippen LogP contribution in [0.25, 0.3) is 0 Å². The van der Waals surface area contributed by atoms with Gasteiger partial charge in [0, 0.05) is 30.7 Å². The third-order valence-corrected chi connectivity index (χ3v) is 5.75. The molecule has 2 aromatic carbocycles. The number of ether oxygens (including phenoxy) is 2. The first-order chi connectivity index (χ1) is 17.2. The maximum atomic E-state index is 13.3. The van der Waals surface area contributed by atoms with E-state index in [0.29, 0.717) is 41.2 Å². The summed E-state index contributed by atoms with van der Waals surface area (Å²) in [5, 5.41) is 8.00. The monoisotopic (exact) mass is 518 g/mol. The molecule has 11 heteroatoms. The van der Waals surface area contributed by atoms with Gasteiger partial charge in [-0.3, -0.25) is 4.90 Å². The quantitative estimate of drug-likeness (QED) is 0.317. The van der Waals surface area contributed by atoms with E-state index in [0.717, 1.165) is 6.07 Å². The molecule has 4 amide bonds. The lowest BCUT2D eigenvalue weighted by molar-refractivity contribution is -0.140. The van der Waals surface area contributed by atoms with Crippen LogP contribution < -0.4 is 16.0 Å². The molecule has 1 unspecified atom stereocenters. The summed E-state index contributed by atoms with van der Waals surface area (Å²) in [5.41, 5.74) is 2.27. The van der Waals surface area contributed by atoms with Crippen LogP contribution in [0.2, 0.25) is 5.02 Å².